The number of fused-ring (bicyclic) bond motifs is 1. The summed E-state index contributed by atoms with van der Waals surface area (Å²) in [7, 11) is -1.66. The van der Waals surface area contributed by atoms with Crippen molar-refractivity contribution < 1.29 is 0 Å². The van der Waals surface area contributed by atoms with Crippen molar-refractivity contribution in [1.29, 1.82) is 0 Å². The van der Waals surface area contributed by atoms with Crippen LogP contribution in [0.5, 0.6) is 0 Å². The quantitative estimate of drug-likeness (QED) is 0.664. The fourth-order valence-corrected chi connectivity index (χ4v) is 12.3. The minimum Gasteiger partial charge on any atom is -0.346 e. The molecule has 23 heavy (non-hydrogen) atoms. The van der Waals surface area contributed by atoms with Crippen LogP contribution in [0.25, 0.3) is 11.0 Å². The third kappa shape index (κ3) is 2.99. The van der Waals surface area contributed by atoms with Crippen LogP contribution in [0.2, 0.25) is 16.6 Å². The van der Waals surface area contributed by atoms with Gasteiger partial charge in [-0.25, -0.2) is 4.98 Å². The van der Waals surface area contributed by atoms with Gasteiger partial charge in [0.05, 0.1) is 8.07 Å². The van der Waals surface area contributed by atoms with Crippen molar-refractivity contribution in [3.8, 4) is 0 Å². The summed E-state index contributed by atoms with van der Waals surface area (Å²) in [6, 6.07) is 4.25. The highest BCUT2D eigenvalue weighted by Crippen LogP contribution is 2.50. The van der Waals surface area contributed by atoms with Crippen LogP contribution in [0.15, 0.2) is 24.5 Å². The summed E-state index contributed by atoms with van der Waals surface area (Å²) in [6.45, 7) is 17.8. The molecule has 0 bridgehead atoms. The van der Waals surface area contributed by atoms with E-state index in [1.54, 1.807) is 0 Å². The lowest BCUT2D eigenvalue weighted by Crippen LogP contribution is -2.55. The molecule has 1 unspecified atom stereocenters. The predicted molar refractivity (Wildman–Crippen MR) is 104 cm³/mol. The first-order chi connectivity index (χ1) is 10.9. The van der Waals surface area contributed by atoms with Crippen molar-refractivity contribution in [3.05, 3.63) is 30.1 Å². The molecule has 3 nitrogen and oxygen atoms in total. The van der Waals surface area contributed by atoms with Crippen molar-refractivity contribution in [2.24, 2.45) is 0 Å². The molecule has 0 aromatic carbocycles. The first kappa shape index (κ1) is 18.2. The maximum Gasteiger partial charge on any atom is 0.137 e. The second-order valence-corrected chi connectivity index (χ2v) is 13.6. The molecular weight excluding hydrogens is 298 g/mol. The Hall–Kier alpha value is -1.13. The highest BCUT2D eigenvalue weighted by Gasteiger charge is 2.49. The van der Waals surface area contributed by atoms with Crippen LogP contribution >= 0.6 is 0 Å². The Labute approximate surface area is 142 Å². The number of rotatable bonds is 7. The Balaban J connectivity index is 2.68. The molecule has 2 N–H and O–H groups in total. The van der Waals surface area contributed by atoms with E-state index in [-0.39, 0.29) is 0 Å². The Morgan fingerprint density at radius 1 is 1.09 bits per heavy atom. The largest absolute Gasteiger partial charge is 0.346 e. The molecule has 0 radical (unpaired) electrons. The maximum atomic E-state index is 4.49. The Morgan fingerprint density at radius 3 is 2.22 bits per heavy atom. The van der Waals surface area contributed by atoms with Crippen molar-refractivity contribution in [3.63, 3.8) is 0 Å². The summed E-state index contributed by atoms with van der Waals surface area (Å²) in [4.78, 5) is 7.88. The van der Waals surface area contributed by atoms with Crippen molar-refractivity contribution in [2.75, 3.05) is 6.54 Å². The first-order valence-electron chi connectivity index (χ1n) is 9.02. The van der Waals surface area contributed by atoms with Crippen LogP contribution < -0.4 is 5.32 Å². The molecule has 0 amide bonds. The molecule has 2 rings (SSSR count). The second-order valence-electron chi connectivity index (χ2n) is 7.60. The third-order valence-electron chi connectivity index (χ3n) is 5.70. The number of nitrogens with one attached hydrogen (secondary N) is 2. The molecule has 0 saturated carbocycles. The zero-order valence-corrected chi connectivity index (χ0v) is 16.8. The first-order valence-corrected chi connectivity index (χ1v) is 11.3. The second kappa shape index (κ2) is 7.18. The standard InChI is InChI=1S/C19H33N3Si/c1-8-20-19(23(13(2)3,14(4)5)15(6)7)17-12-22-18-16(17)10-9-11-21-18/h9-15,19-20H,8H2,1-7H3,(H,21,22). The van der Waals surface area contributed by atoms with Crippen LogP contribution in [-0.4, -0.2) is 24.6 Å². The fourth-order valence-electron chi connectivity index (χ4n) is 4.98. The van der Waals surface area contributed by atoms with Gasteiger partial charge in [0.2, 0.25) is 0 Å². The van der Waals surface area contributed by atoms with Crippen molar-refractivity contribution >= 4 is 19.1 Å². The van der Waals surface area contributed by atoms with Crippen molar-refractivity contribution in [2.45, 2.75) is 70.8 Å². The number of hydrogen-bond acceptors (Lipinski definition) is 2. The zero-order valence-electron chi connectivity index (χ0n) is 15.8. The van der Waals surface area contributed by atoms with Gasteiger partial charge in [-0.3, -0.25) is 0 Å². The summed E-state index contributed by atoms with van der Waals surface area (Å²) in [5.41, 5.74) is 5.02. The van der Waals surface area contributed by atoms with Crippen LogP contribution in [0, 0.1) is 0 Å². The maximum absolute atomic E-state index is 4.49. The lowest BCUT2D eigenvalue weighted by Gasteiger charge is -2.49. The van der Waals surface area contributed by atoms with Gasteiger partial charge in [0.15, 0.2) is 0 Å². The number of pyridine rings is 1. The summed E-state index contributed by atoms with van der Waals surface area (Å²) in [5.74, 6) is 0. The molecule has 0 aliphatic heterocycles. The topological polar surface area (TPSA) is 40.7 Å². The van der Waals surface area contributed by atoms with Gasteiger partial charge in [-0.05, 0) is 40.9 Å². The molecule has 4 heteroatoms. The lowest BCUT2D eigenvalue weighted by atomic mass is 10.2. The van der Waals surface area contributed by atoms with Crippen LogP contribution in [0.1, 0.15) is 59.7 Å². The number of aromatic nitrogens is 2. The van der Waals surface area contributed by atoms with Gasteiger partial charge in [-0.15, -0.1) is 0 Å². The van der Waals surface area contributed by atoms with Crippen molar-refractivity contribution in [1.82, 2.24) is 15.3 Å². The van der Waals surface area contributed by atoms with Gasteiger partial charge in [-0.2, -0.15) is 0 Å². The van der Waals surface area contributed by atoms with Gasteiger partial charge in [0.25, 0.3) is 0 Å². The van der Waals surface area contributed by atoms with Gasteiger partial charge < -0.3 is 10.3 Å². The zero-order chi connectivity index (χ0) is 17.2. The van der Waals surface area contributed by atoms with E-state index in [9.17, 15) is 0 Å². The highest BCUT2D eigenvalue weighted by molar-refractivity contribution is 6.84. The van der Waals surface area contributed by atoms with E-state index < -0.39 is 8.07 Å². The molecule has 2 heterocycles. The Morgan fingerprint density at radius 2 is 1.70 bits per heavy atom. The van der Waals surface area contributed by atoms with Gasteiger partial charge in [-0.1, -0.05) is 48.5 Å². The molecular formula is C19H33N3Si. The van der Waals surface area contributed by atoms with Crippen LogP contribution in [-0.2, 0) is 0 Å². The number of nitrogens with zero attached hydrogens (tertiary/aromatic N) is 1. The average Bonchev–Trinajstić information content (AvgIpc) is 2.89. The van der Waals surface area contributed by atoms with E-state index in [0.29, 0.717) is 22.3 Å². The van der Waals surface area contributed by atoms with E-state index >= 15 is 0 Å². The van der Waals surface area contributed by atoms with E-state index in [1.165, 1.54) is 10.9 Å². The molecule has 0 saturated heterocycles. The molecule has 2 aromatic rings. The van der Waals surface area contributed by atoms with Crippen LogP contribution in [0.4, 0.5) is 0 Å². The SMILES string of the molecule is CCNC(c1c[nH]c2ncccc12)[Si](C(C)C)(C(C)C)C(C)C. The van der Waals surface area contributed by atoms with Crippen LogP contribution in [0.3, 0.4) is 0 Å². The molecule has 128 valence electrons. The normalized spacial score (nSPS) is 14.3. The molecule has 0 aliphatic carbocycles. The summed E-state index contributed by atoms with van der Waals surface area (Å²) in [5, 5.41) is 5.15. The van der Waals surface area contributed by atoms with E-state index in [1.807, 2.05) is 12.3 Å². The molecule has 0 fully saturated rings. The number of H-pyrrole nitrogens is 1. The molecule has 1 atom stereocenters. The summed E-state index contributed by atoms with van der Waals surface area (Å²) < 4.78 is 0. The van der Waals surface area contributed by atoms with E-state index in [0.717, 1.165) is 12.2 Å². The minimum atomic E-state index is -1.66. The molecule has 2 aromatic heterocycles. The van der Waals surface area contributed by atoms with Gasteiger partial charge in [0, 0.05) is 23.4 Å². The lowest BCUT2D eigenvalue weighted by molar-refractivity contribution is 0.623. The minimum absolute atomic E-state index is 0.449. The monoisotopic (exact) mass is 331 g/mol. The van der Waals surface area contributed by atoms with E-state index in [4.69, 9.17) is 0 Å². The predicted octanol–water partition coefficient (Wildman–Crippen LogP) is 5.43. The summed E-state index contributed by atoms with van der Waals surface area (Å²) >= 11 is 0. The van der Waals surface area contributed by atoms with E-state index in [2.05, 4.69) is 76.0 Å². The highest BCUT2D eigenvalue weighted by atomic mass is 28.3. The Kier molecular flexibility index (Phi) is 5.68. The number of hydrogen-bond donors (Lipinski definition) is 2. The smallest absolute Gasteiger partial charge is 0.137 e. The van der Waals surface area contributed by atoms with Gasteiger partial charge in [0.1, 0.15) is 5.65 Å². The third-order valence-corrected chi connectivity index (χ3v) is 13.2. The van der Waals surface area contributed by atoms with Gasteiger partial charge >= 0.3 is 0 Å². The Bertz CT molecular complexity index is 609. The number of aromatic amines is 1. The molecule has 0 spiro atoms. The molecule has 0 aliphatic rings. The fraction of sp³-hybridized carbons (Fsp3) is 0.632. The summed E-state index contributed by atoms with van der Waals surface area (Å²) in [6.07, 6.45) is 4.06. The average molecular weight is 332 g/mol.